The number of rotatable bonds is 6. The topological polar surface area (TPSA) is 93.9 Å². The van der Waals surface area contributed by atoms with E-state index in [1.54, 1.807) is 6.07 Å². The van der Waals surface area contributed by atoms with Gasteiger partial charge in [0.05, 0.1) is 4.90 Å². The molecule has 4 aromatic rings. The van der Waals surface area contributed by atoms with Crippen LogP contribution in [0.5, 0.6) is 0 Å². The number of fused-ring (bicyclic) bond motifs is 3. The molecular weight excluding hydrogens is 437 g/mol. The average Bonchev–Trinajstić information content (AvgIpc) is 2.77. The second kappa shape index (κ2) is 8.52. The van der Waals surface area contributed by atoms with Crippen LogP contribution < -0.4 is 5.63 Å². The highest BCUT2D eigenvalue weighted by atomic mass is 32.2. The quantitative estimate of drug-likeness (QED) is 0.251. The molecule has 1 aromatic heterocycles. The van der Waals surface area contributed by atoms with Crippen LogP contribution in [-0.4, -0.2) is 32.3 Å². The molecule has 0 saturated heterocycles. The van der Waals surface area contributed by atoms with E-state index in [1.165, 1.54) is 13.1 Å². The summed E-state index contributed by atoms with van der Waals surface area (Å²) < 4.78 is 49.6. The van der Waals surface area contributed by atoms with Crippen molar-refractivity contribution in [1.82, 2.24) is 4.31 Å². The summed E-state index contributed by atoms with van der Waals surface area (Å²) in [5.41, 5.74) is 0.221. The number of benzene rings is 3. The lowest BCUT2D eigenvalue weighted by Crippen LogP contribution is -2.33. The first-order valence-corrected chi connectivity index (χ1v) is 11.0. The molecule has 0 aliphatic heterocycles. The van der Waals surface area contributed by atoms with Gasteiger partial charge < -0.3 is 9.15 Å². The minimum absolute atomic E-state index is 0.146. The third kappa shape index (κ3) is 4.25. The minimum atomic E-state index is -4.00. The lowest BCUT2D eigenvalue weighted by Gasteiger charge is -2.16. The fourth-order valence-corrected chi connectivity index (χ4v) is 4.51. The number of hydrogen-bond acceptors (Lipinski definition) is 6. The minimum Gasteiger partial charge on any atom is -0.460 e. The Labute approximate surface area is 182 Å². The Kier molecular flexibility index (Phi) is 5.77. The van der Waals surface area contributed by atoms with Crippen molar-refractivity contribution >= 4 is 37.7 Å². The van der Waals surface area contributed by atoms with Gasteiger partial charge in [0.2, 0.25) is 10.0 Å². The Hall–Kier alpha value is -3.56. The van der Waals surface area contributed by atoms with Crippen LogP contribution in [0.4, 0.5) is 4.39 Å². The number of hydrogen-bond donors (Lipinski definition) is 0. The van der Waals surface area contributed by atoms with E-state index in [2.05, 4.69) is 0 Å². The summed E-state index contributed by atoms with van der Waals surface area (Å²) in [6.45, 7) is -0.792. The molecule has 0 unspecified atom stereocenters. The number of likely N-dealkylation sites (N-methyl/N-ethyl adjacent to an activating group) is 1. The van der Waals surface area contributed by atoms with E-state index >= 15 is 0 Å². The molecular formula is C23H18FNO6S. The van der Waals surface area contributed by atoms with Gasteiger partial charge in [-0.15, -0.1) is 0 Å². The Morgan fingerprint density at radius 2 is 1.78 bits per heavy atom. The van der Waals surface area contributed by atoms with Gasteiger partial charge in [-0.2, -0.15) is 4.31 Å². The summed E-state index contributed by atoms with van der Waals surface area (Å²) in [5.74, 6) is -1.38. The van der Waals surface area contributed by atoms with E-state index in [9.17, 15) is 22.4 Å². The maximum atomic E-state index is 13.1. The van der Waals surface area contributed by atoms with E-state index in [0.717, 1.165) is 39.3 Å². The van der Waals surface area contributed by atoms with Gasteiger partial charge >= 0.3 is 11.6 Å². The maximum Gasteiger partial charge on any atom is 0.336 e. The molecule has 0 N–H and O–H groups in total. The first kappa shape index (κ1) is 21.7. The monoisotopic (exact) mass is 455 g/mol. The molecule has 0 fully saturated rings. The number of sulfonamides is 1. The molecule has 7 nitrogen and oxygen atoms in total. The zero-order chi connectivity index (χ0) is 22.9. The highest BCUT2D eigenvalue weighted by Crippen LogP contribution is 2.27. The highest BCUT2D eigenvalue weighted by molar-refractivity contribution is 7.89. The van der Waals surface area contributed by atoms with Crippen molar-refractivity contribution in [3.05, 3.63) is 88.5 Å². The van der Waals surface area contributed by atoms with Crippen molar-refractivity contribution in [2.45, 2.75) is 11.5 Å². The molecule has 1 heterocycles. The normalized spacial score (nSPS) is 11.8. The second-order valence-electron chi connectivity index (χ2n) is 7.13. The van der Waals surface area contributed by atoms with Crippen LogP contribution in [0.1, 0.15) is 5.56 Å². The summed E-state index contributed by atoms with van der Waals surface area (Å²) in [5, 5.41) is 2.39. The van der Waals surface area contributed by atoms with Crippen molar-refractivity contribution in [2.24, 2.45) is 0 Å². The van der Waals surface area contributed by atoms with Crippen LogP contribution in [0.15, 0.2) is 80.8 Å². The molecule has 0 bridgehead atoms. The van der Waals surface area contributed by atoms with Crippen molar-refractivity contribution in [3.63, 3.8) is 0 Å². The van der Waals surface area contributed by atoms with E-state index in [1.807, 2.05) is 30.3 Å². The first-order valence-electron chi connectivity index (χ1n) is 9.58. The summed E-state index contributed by atoms with van der Waals surface area (Å²) in [7, 11) is -2.78. The van der Waals surface area contributed by atoms with Gasteiger partial charge in [0.25, 0.3) is 0 Å². The number of nitrogens with zero attached hydrogens (tertiary/aromatic N) is 1. The molecule has 0 atom stereocenters. The Morgan fingerprint density at radius 3 is 2.53 bits per heavy atom. The van der Waals surface area contributed by atoms with Gasteiger partial charge in [-0.3, -0.25) is 4.79 Å². The van der Waals surface area contributed by atoms with Crippen molar-refractivity contribution in [1.29, 1.82) is 0 Å². The Morgan fingerprint density at radius 1 is 1.06 bits per heavy atom. The molecule has 0 radical (unpaired) electrons. The van der Waals surface area contributed by atoms with Gasteiger partial charge in [-0.1, -0.05) is 30.3 Å². The van der Waals surface area contributed by atoms with Crippen LogP contribution in [-0.2, 0) is 26.2 Å². The third-order valence-electron chi connectivity index (χ3n) is 4.98. The zero-order valence-corrected chi connectivity index (χ0v) is 17.8. The average molecular weight is 455 g/mol. The number of carbonyl (C=O) groups excluding carboxylic acids is 1. The number of halogens is 1. The van der Waals surface area contributed by atoms with E-state index in [-0.39, 0.29) is 11.5 Å². The number of ether oxygens (including phenoxy) is 1. The molecule has 0 aliphatic carbocycles. The molecule has 3 aromatic carbocycles. The SMILES string of the molecule is CN(CC(=O)OCc1cc(=O)oc2ccc3ccccc3c12)S(=O)(=O)c1ccc(F)cc1. The number of carbonyl (C=O) groups is 1. The third-order valence-corrected chi connectivity index (χ3v) is 6.79. The zero-order valence-electron chi connectivity index (χ0n) is 16.9. The molecule has 0 saturated carbocycles. The molecule has 0 aliphatic rings. The fraction of sp³-hybridized carbons (Fsp3) is 0.130. The van der Waals surface area contributed by atoms with Crippen molar-refractivity contribution in [3.8, 4) is 0 Å². The summed E-state index contributed by atoms with van der Waals surface area (Å²) in [4.78, 5) is 24.2. The molecule has 0 amide bonds. The molecule has 9 heteroatoms. The number of esters is 1. The largest absolute Gasteiger partial charge is 0.460 e. The predicted molar refractivity (Wildman–Crippen MR) is 116 cm³/mol. The Bertz CT molecular complexity index is 1480. The van der Waals surface area contributed by atoms with Crippen LogP contribution in [0, 0.1) is 5.82 Å². The molecule has 164 valence electrons. The standard InChI is InChI=1S/C23H18FNO6S/c1-25(32(28,29)18-9-7-17(24)8-10-18)13-22(27)30-14-16-12-21(26)31-20-11-6-15-4-2-3-5-19(15)23(16)20/h2-12H,13-14H2,1H3. The van der Waals surface area contributed by atoms with Gasteiger partial charge in [0.15, 0.2) is 0 Å². The van der Waals surface area contributed by atoms with Gasteiger partial charge in [0, 0.05) is 24.1 Å². The van der Waals surface area contributed by atoms with E-state index in [4.69, 9.17) is 9.15 Å². The van der Waals surface area contributed by atoms with Crippen LogP contribution in [0.3, 0.4) is 0 Å². The summed E-state index contributed by atoms with van der Waals surface area (Å²) >= 11 is 0. The van der Waals surface area contributed by atoms with E-state index < -0.39 is 34.0 Å². The van der Waals surface area contributed by atoms with Crippen LogP contribution in [0.2, 0.25) is 0 Å². The smallest absolute Gasteiger partial charge is 0.336 e. The van der Waals surface area contributed by atoms with Crippen molar-refractivity contribution < 1.29 is 26.8 Å². The molecule has 32 heavy (non-hydrogen) atoms. The molecule has 0 spiro atoms. The summed E-state index contributed by atoms with van der Waals surface area (Å²) in [6.07, 6.45) is 0. The van der Waals surface area contributed by atoms with Gasteiger partial charge in [0.1, 0.15) is 24.6 Å². The van der Waals surface area contributed by atoms with Gasteiger partial charge in [-0.05, 0) is 41.1 Å². The van der Waals surface area contributed by atoms with Crippen LogP contribution >= 0.6 is 0 Å². The first-order chi connectivity index (χ1) is 15.3. The van der Waals surface area contributed by atoms with E-state index in [0.29, 0.717) is 16.5 Å². The van der Waals surface area contributed by atoms with Crippen molar-refractivity contribution in [2.75, 3.05) is 13.6 Å². The Balaban J connectivity index is 1.55. The molecule has 4 rings (SSSR count). The fourth-order valence-electron chi connectivity index (χ4n) is 3.39. The lowest BCUT2D eigenvalue weighted by molar-refractivity contribution is -0.144. The highest BCUT2D eigenvalue weighted by Gasteiger charge is 2.24. The van der Waals surface area contributed by atoms with Gasteiger partial charge in [-0.25, -0.2) is 17.6 Å². The second-order valence-corrected chi connectivity index (χ2v) is 9.17. The predicted octanol–water partition coefficient (Wildman–Crippen LogP) is 3.45. The van der Waals surface area contributed by atoms with Crippen LogP contribution in [0.25, 0.3) is 21.7 Å². The maximum absolute atomic E-state index is 13.1. The summed E-state index contributed by atoms with van der Waals surface area (Å²) in [6, 6.07) is 16.5. The lowest BCUT2D eigenvalue weighted by atomic mass is 10.0.